The molecule has 0 radical (unpaired) electrons. The molecular weight excluding hydrogens is 350 g/mol. The summed E-state index contributed by atoms with van der Waals surface area (Å²) in [6.07, 6.45) is 1.90. The van der Waals surface area contributed by atoms with E-state index in [1.807, 2.05) is 22.8 Å². The SMILES string of the molecule is COc1cc(C)sc1C(=O)N1CCCC(N2CCNCC2=O)C1.Cl. The maximum Gasteiger partial charge on any atom is 0.267 e. The zero-order valence-corrected chi connectivity index (χ0v) is 15.7. The molecule has 2 aliphatic heterocycles. The van der Waals surface area contributed by atoms with Crippen LogP contribution in [0.25, 0.3) is 0 Å². The van der Waals surface area contributed by atoms with Crippen LogP contribution in [-0.2, 0) is 4.79 Å². The number of methoxy groups -OCH3 is 1. The summed E-state index contributed by atoms with van der Waals surface area (Å²) < 4.78 is 5.33. The first-order chi connectivity index (χ1) is 11.1. The van der Waals surface area contributed by atoms with Gasteiger partial charge in [0.15, 0.2) is 0 Å². The van der Waals surface area contributed by atoms with Crippen LogP contribution in [-0.4, -0.2) is 67.5 Å². The van der Waals surface area contributed by atoms with E-state index in [0.29, 0.717) is 23.7 Å². The van der Waals surface area contributed by atoms with Crippen LogP contribution in [0.2, 0.25) is 0 Å². The van der Waals surface area contributed by atoms with Crippen molar-refractivity contribution in [1.29, 1.82) is 0 Å². The maximum absolute atomic E-state index is 12.8. The molecule has 6 nitrogen and oxygen atoms in total. The molecule has 2 fully saturated rings. The summed E-state index contributed by atoms with van der Waals surface area (Å²) in [6, 6.07) is 2.04. The Morgan fingerprint density at radius 2 is 2.21 bits per heavy atom. The van der Waals surface area contributed by atoms with E-state index in [1.165, 1.54) is 11.3 Å². The maximum atomic E-state index is 12.8. The van der Waals surface area contributed by atoms with Crippen molar-refractivity contribution in [1.82, 2.24) is 15.1 Å². The molecule has 1 unspecified atom stereocenters. The van der Waals surface area contributed by atoms with Crippen LogP contribution in [0.5, 0.6) is 5.75 Å². The van der Waals surface area contributed by atoms with Crippen molar-refractivity contribution >= 4 is 35.6 Å². The van der Waals surface area contributed by atoms with Gasteiger partial charge in [-0.05, 0) is 25.8 Å². The van der Waals surface area contributed by atoms with Gasteiger partial charge in [0.25, 0.3) is 5.91 Å². The normalized spacial score (nSPS) is 21.4. The summed E-state index contributed by atoms with van der Waals surface area (Å²) in [4.78, 5) is 30.5. The largest absolute Gasteiger partial charge is 0.495 e. The number of ether oxygens (including phenoxy) is 1. The molecule has 8 heteroatoms. The molecule has 0 aromatic carbocycles. The average molecular weight is 374 g/mol. The Balaban J connectivity index is 0.00000208. The lowest BCUT2D eigenvalue weighted by atomic mass is 10.0. The molecule has 0 saturated carbocycles. The molecular formula is C16H24ClN3O3S. The second kappa shape index (κ2) is 8.18. The number of rotatable bonds is 3. The van der Waals surface area contributed by atoms with E-state index in [-0.39, 0.29) is 30.3 Å². The number of thiophene rings is 1. The topological polar surface area (TPSA) is 61.9 Å². The van der Waals surface area contributed by atoms with Crippen LogP contribution >= 0.6 is 23.7 Å². The van der Waals surface area contributed by atoms with Crippen molar-refractivity contribution < 1.29 is 14.3 Å². The Bertz CT molecular complexity index is 607. The quantitative estimate of drug-likeness (QED) is 0.872. The second-order valence-electron chi connectivity index (χ2n) is 6.07. The minimum Gasteiger partial charge on any atom is -0.495 e. The number of carbonyl (C=O) groups excluding carboxylic acids is 2. The van der Waals surface area contributed by atoms with Gasteiger partial charge in [0, 0.05) is 37.1 Å². The highest BCUT2D eigenvalue weighted by Gasteiger charge is 2.33. The summed E-state index contributed by atoms with van der Waals surface area (Å²) in [5.74, 6) is 0.810. The summed E-state index contributed by atoms with van der Waals surface area (Å²) >= 11 is 1.47. The van der Waals surface area contributed by atoms with Gasteiger partial charge < -0.3 is 19.9 Å². The first kappa shape index (κ1) is 19.0. The first-order valence-corrected chi connectivity index (χ1v) is 8.85. The van der Waals surface area contributed by atoms with E-state index in [1.54, 1.807) is 7.11 Å². The molecule has 0 aliphatic carbocycles. The van der Waals surface area contributed by atoms with Crippen molar-refractivity contribution in [3.8, 4) is 5.75 Å². The summed E-state index contributed by atoms with van der Waals surface area (Å²) in [5, 5.41) is 3.09. The molecule has 0 bridgehead atoms. The van der Waals surface area contributed by atoms with E-state index in [2.05, 4.69) is 5.32 Å². The molecule has 24 heavy (non-hydrogen) atoms. The van der Waals surface area contributed by atoms with E-state index in [4.69, 9.17) is 4.74 Å². The number of piperidine rings is 1. The average Bonchev–Trinajstić information content (AvgIpc) is 2.95. The zero-order chi connectivity index (χ0) is 16.4. The van der Waals surface area contributed by atoms with Crippen molar-refractivity contribution in [3.05, 3.63) is 15.8 Å². The van der Waals surface area contributed by atoms with Crippen LogP contribution in [0.4, 0.5) is 0 Å². The van der Waals surface area contributed by atoms with E-state index >= 15 is 0 Å². The molecule has 2 saturated heterocycles. The van der Waals surface area contributed by atoms with Crippen molar-refractivity contribution in [2.45, 2.75) is 25.8 Å². The van der Waals surface area contributed by atoms with Crippen molar-refractivity contribution in [2.75, 3.05) is 39.8 Å². The highest BCUT2D eigenvalue weighted by atomic mass is 35.5. The third-order valence-corrected chi connectivity index (χ3v) is 5.51. The van der Waals surface area contributed by atoms with Gasteiger partial charge in [-0.25, -0.2) is 0 Å². The van der Waals surface area contributed by atoms with Crippen LogP contribution in [0.15, 0.2) is 6.07 Å². The molecule has 3 rings (SSSR count). The number of nitrogens with one attached hydrogen (secondary N) is 1. The van der Waals surface area contributed by atoms with Crippen LogP contribution in [0, 0.1) is 6.92 Å². The van der Waals surface area contributed by atoms with E-state index in [9.17, 15) is 9.59 Å². The molecule has 3 heterocycles. The molecule has 1 aromatic rings. The third-order valence-electron chi connectivity index (χ3n) is 4.49. The number of likely N-dealkylation sites (tertiary alicyclic amines) is 1. The second-order valence-corrected chi connectivity index (χ2v) is 7.32. The Morgan fingerprint density at radius 1 is 1.42 bits per heavy atom. The van der Waals surface area contributed by atoms with Crippen LogP contribution in [0.3, 0.4) is 0 Å². The molecule has 1 aromatic heterocycles. The Morgan fingerprint density at radius 3 is 2.92 bits per heavy atom. The standard InChI is InChI=1S/C16H23N3O3S.ClH/c1-11-8-13(22-2)15(23-11)16(21)18-6-3-4-12(10-18)19-7-5-17-9-14(19)20;/h8,12,17H,3-7,9-10H2,1-2H3;1H. The first-order valence-electron chi connectivity index (χ1n) is 8.04. The lowest BCUT2D eigenvalue weighted by molar-refractivity contribution is -0.135. The fourth-order valence-corrected chi connectivity index (χ4v) is 4.28. The summed E-state index contributed by atoms with van der Waals surface area (Å²) in [7, 11) is 1.59. The van der Waals surface area contributed by atoms with Gasteiger partial charge in [-0.1, -0.05) is 0 Å². The van der Waals surface area contributed by atoms with Gasteiger partial charge >= 0.3 is 0 Å². The predicted molar refractivity (Wildman–Crippen MR) is 96.4 cm³/mol. The lowest BCUT2D eigenvalue weighted by Crippen LogP contribution is -2.57. The fraction of sp³-hybridized carbons (Fsp3) is 0.625. The molecule has 2 aliphatic rings. The van der Waals surface area contributed by atoms with Crippen molar-refractivity contribution in [2.24, 2.45) is 0 Å². The fourth-order valence-electron chi connectivity index (χ4n) is 3.34. The highest BCUT2D eigenvalue weighted by Crippen LogP contribution is 2.31. The number of aryl methyl sites for hydroxylation is 1. The Hall–Kier alpha value is -1.31. The van der Waals surface area contributed by atoms with E-state index in [0.717, 1.165) is 37.4 Å². The van der Waals surface area contributed by atoms with Gasteiger partial charge in [-0.3, -0.25) is 9.59 Å². The zero-order valence-electron chi connectivity index (χ0n) is 14.0. The van der Waals surface area contributed by atoms with Gasteiger partial charge in [0.05, 0.1) is 13.7 Å². The molecule has 1 atom stereocenters. The number of piperazine rings is 1. The van der Waals surface area contributed by atoms with Gasteiger partial charge in [-0.15, -0.1) is 23.7 Å². The number of carbonyl (C=O) groups is 2. The lowest BCUT2D eigenvalue weighted by Gasteiger charge is -2.41. The number of hydrogen-bond donors (Lipinski definition) is 1. The molecule has 1 N–H and O–H groups in total. The predicted octanol–water partition coefficient (Wildman–Crippen LogP) is 1.52. The third kappa shape index (κ3) is 3.84. The number of amides is 2. The summed E-state index contributed by atoms with van der Waals surface area (Å²) in [6.45, 7) is 5.30. The number of nitrogens with zero attached hydrogens (tertiary/aromatic N) is 2. The van der Waals surface area contributed by atoms with Crippen LogP contribution in [0.1, 0.15) is 27.4 Å². The monoisotopic (exact) mass is 373 g/mol. The Labute approximate surface area is 152 Å². The highest BCUT2D eigenvalue weighted by molar-refractivity contribution is 7.14. The van der Waals surface area contributed by atoms with Crippen molar-refractivity contribution in [3.63, 3.8) is 0 Å². The summed E-state index contributed by atoms with van der Waals surface area (Å²) in [5.41, 5.74) is 0. The minimum atomic E-state index is 0. The molecule has 2 amide bonds. The minimum absolute atomic E-state index is 0. The van der Waals surface area contributed by atoms with Gasteiger partial charge in [-0.2, -0.15) is 0 Å². The van der Waals surface area contributed by atoms with E-state index < -0.39 is 0 Å². The Kier molecular flexibility index (Phi) is 6.48. The molecule has 0 spiro atoms. The van der Waals surface area contributed by atoms with Gasteiger partial charge in [0.1, 0.15) is 10.6 Å². The number of hydrogen-bond acceptors (Lipinski definition) is 5. The molecule has 134 valence electrons. The number of halogens is 1. The van der Waals surface area contributed by atoms with Crippen LogP contribution < -0.4 is 10.1 Å². The van der Waals surface area contributed by atoms with Gasteiger partial charge in [0.2, 0.25) is 5.91 Å². The smallest absolute Gasteiger partial charge is 0.267 e.